The van der Waals surface area contributed by atoms with E-state index in [-0.39, 0.29) is 11.7 Å². The van der Waals surface area contributed by atoms with Crippen LogP contribution in [0.5, 0.6) is 11.5 Å². The summed E-state index contributed by atoms with van der Waals surface area (Å²) in [6, 6.07) is 10.8. The number of para-hydroxylation sites is 2. The Kier molecular flexibility index (Phi) is 4.70. The van der Waals surface area contributed by atoms with Crippen LogP contribution in [0.15, 0.2) is 47.4 Å². The van der Waals surface area contributed by atoms with Crippen molar-refractivity contribution in [2.75, 3.05) is 19.7 Å². The molecule has 0 saturated heterocycles. The molecule has 1 aliphatic rings. The second-order valence-electron chi connectivity index (χ2n) is 5.14. The Morgan fingerprint density at radius 1 is 1.23 bits per heavy atom. The zero-order valence-electron chi connectivity index (χ0n) is 12.3. The number of rotatable bonds is 6. The van der Waals surface area contributed by atoms with Crippen LogP contribution in [0.1, 0.15) is 6.42 Å². The van der Waals surface area contributed by atoms with Gasteiger partial charge in [0.05, 0.1) is 0 Å². The van der Waals surface area contributed by atoms with Gasteiger partial charge < -0.3 is 14.8 Å². The van der Waals surface area contributed by atoms with Gasteiger partial charge in [-0.15, -0.1) is 0 Å². The van der Waals surface area contributed by atoms with Crippen molar-refractivity contribution in [3.63, 3.8) is 0 Å². The SMILES string of the molecule is O=c1cccnn1CCCNC[C@@H]1COc2ccccc2O1. The van der Waals surface area contributed by atoms with Gasteiger partial charge in [0.1, 0.15) is 12.7 Å². The lowest BCUT2D eigenvalue weighted by Gasteiger charge is -2.26. The topological polar surface area (TPSA) is 65.4 Å². The fraction of sp³-hybridized carbons (Fsp3) is 0.375. The number of benzene rings is 1. The number of aromatic nitrogens is 2. The highest BCUT2D eigenvalue weighted by molar-refractivity contribution is 5.40. The molecule has 6 nitrogen and oxygen atoms in total. The summed E-state index contributed by atoms with van der Waals surface area (Å²) in [5, 5.41) is 7.35. The van der Waals surface area contributed by atoms with Crippen molar-refractivity contribution in [1.29, 1.82) is 0 Å². The van der Waals surface area contributed by atoms with Crippen molar-refractivity contribution in [3.8, 4) is 11.5 Å². The quantitative estimate of drug-likeness (QED) is 0.808. The molecule has 0 unspecified atom stereocenters. The lowest BCUT2D eigenvalue weighted by atomic mass is 10.2. The first-order valence-corrected chi connectivity index (χ1v) is 7.44. The molecule has 6 heteroatoms. The monoisotopic (exact) mass is 301 g/mol. The molecule has 2 aromatic rings. The van der Waals surface area contributed by atoms with E-state index in [0.717, 1.165) is 24.5 Å². The molecule has 0 spiro atoms. The molecule has 2 heterocycles. The highest BCUT2D eigenvalue weighted by Crippen LogP contribution is 2.30. The molecule has 1 aromatic carbocycles. The number of fused-ring (bicyclic) bond motifs is 1. The maximum absolute atomic E-state index is 11.5. The first-order chi connectivity index (χ1) is 10.8. The summed E-state index contributed by atoms with van der Waals surface area (Å²) >= 11 is 0. The summed E-state index contributed by atoms with van der Waals surface area (Å²) < 4.78 is 13.0. The van der Waals surface area contributed by atoms with Crippen LogP contribution in [0.25, 0.3) is 0 Å². The third-order valence-corrected chi connectivity index (χ3v) is 3.45. The van der Waals surface area contributed by atoms with Gasteiger partial charge in [0.25, 0.3) is 5.56 Å². The molecule has 116 valence electrons. The van der Waals surface area contributed by atoms with Crippen molar-refractivity contribution in [2.24, 2.45) is 0 Å². The van der Waals surface area contributed by atoms with E-state index in [4.69, 9.17) is 9.47 Å². The minimum Gasteiger partial charge on any atom is -0.486 e. The number of nitrogens with zero attached hydrogens (tertiary/aromatic N) is 2. The summed E-state index contributed by atoms with van der Waals surface area (Å²) in [7, 11) is 0. The summed E-state index contributed by atoms with van der Waals surface area (Å²) in [6.07, 6.45) is 2.47. The molecule has 1 aliphatic heterocycles. The van der Waals surface area contributed by atoms with Crippen LogP contribution in [-0.4, -0.2) is 35.6 Å². The second kappa shape index (κ2) is 7.09. The van der Waals surface area contributed by atoms with Gasteiger partial charge in [0, 0.05) is 25.4 Å². The molecule has 0 bridgehead atoms. The minimum absolute atomic E-state index is 0.00692. The van der Waals surface area contributed by atoms with Gasteiger partial charge in [-0.25, -0.2) is 4.68 Å². The molecular formula is C16H19N3O3. The Bertz CT molecular complexity index is 671. The Hall–Kier alpha value is -2.34. The van der Waals surface area contributed by atoms with Crippen LogP contribution >= 0.6 is 0 Å². The number of hydrogen-bond donors (Lipinski definition) is 1. The van der Waals surface area contributed by atoms with Gasteiger partial charge in [-0.05, 0) is 31.2 Å². The second-order valence-corrected chi connectivity index (χ2v) is 5.14. The van der Waals surface area contributed by atoms with Gasteiger partial charge in [-0.3, -0.25) is 4.79 Å². The van der Waals surface area contributed by atoms with Crippen molar-refractivity contribution >= 4 is 0 Å². The summed E-state index contributed by atoms with van der Waals surface area (Å²) in [4.78, 5) is 11.5. The van der Waals surface area contributed by atoms with E-state index >= 15 is 0 Å². The normalized spacial score (nSPS) is 16.5. The molecule has 1 N–H and O–H groups in total. The highest BCUT2D eigenvalue weighted by Gasteiger charge is 2.19. The first-order valence-electron chi connectivity index (χ1n) is 7.44. The number of ether oxygens (including phenoxy) is 2. The van der Waals surface area contributed by atoms with E-state index in [1.54, 1.807) is 12.3 Å². The van der Waals surface area contributed by atoms with Crippen molar-refractivity contribution < 1.29 is 9.47 Å². The van der Waals surface area contributed by atoms with Crippen molar-refractivity contribution in [2.45, 2.75) is 19.1 Å². The average molecular weight is 301 g/mol. The summed E-state index contributed by atoms with van der Waals surface area (Å²) in [5.74, 6) is 1.59. The van der Waals surface area contributed by atoms with Crippen LogP contribution in [-0.2, 0) is 6.54 Å². The van der Waals surface area contributed by atoms with Crippen LogP contribution in [0, 0.1) is 0 Å². The van der Waals surface area contributed by atoms with E-state index in [2.05, 4.69) is 10.4 Å². The van der Waals surface area contributed by atoms with Crippen molar-refractivity contribution in [3.05, 3.63) is 52.9 Å². The fourth-order valence-electron chi connectivity index (χ4n) is 2.34. The van der Waals surface area contributed by atoms with E-state index in [1.807, 2.05) is 24.3 Å². The van der Waals surface area contributed by atoms with E-state index in [1.165, 1.54) is 10.7 Å². The molecule has 0 radical (unpaired) electrons. The molecular weight excluding hydrogens is 282 g/mol. The lowest BCUT2D eigenvalue weighted by Crippen LogP contribution is -2.39. The van der Waals surface area contributed by atoms with E-state index < -0.39 is 0 Å². The molecule has 1 aromatic heterocycles. The van der Waals surface area contributed by atoms with Crippen LogP contribution in [0.3, 0.4) is 0 Å². The number of aryl methyl sites for hydroxylation is 1. The van der Waals surface area contributed by atoms with Crippen LogP contribution in [0.2, 0.25) is 0 Å². The standard InChI is InChI=1S/C16H19N3O3/c20-16-7-3-9-18-19(16)10-4-8-17-11-13-12-21-14-5-1-2-6-15(14)22-13/h1-3,5-7,9,13,17H,4,8,10-12H2/t13-/m1/s1. The Morgan fingerprint density at radius 2 is 2.09 bits per heavy atom. The average Bonchev–Trinajstić information content (AvgIpc) is 2.56. The fourth-order valence-corrected chi connectivity index (χ4v) is 2.34. The van der Waals surface area contributed by atoms with E-state index in [9.17, 15) is 4.79 Å². The third-order valence-electron chi connectivity index (χ3n) is 3.45. The van der Waals surface area contributed by atoms with Crippen LogP contribution < -0.4 is 20.3 Å². The highest BCUT2D eigenvalue weighted by atomic mass is 16.6. The van der Waals surface area contributed by atoms with Gasteiger partial charge in [-0.2, -0.15) is 5.10 Å². The third kappa shape index (κ3) is 3.65. The van der Waals surface area contributed by atoms with Crippen molar-refractivity contribution in [1.82, 2.24) is 15.1 Å². The molecule has 0 saturated carbocycles. The number of nitrogens with one attached hydrogen (secondary N) is 1. The van der Waals surface area contributed by atoms with Gasteiger partial charge in [-0.1, -0.05) is 12.1 Å². The smallest absolute Gasteiger partial charge is 0.266 e. The Morgan fingerprint density at radius 3 is 2.95 bits per heavy atom. The summed E-state index contributed by atoms with van der Waals surface area (Å²) in [5.41, 5.74) is -0.0666. The van der Waals surface area contributed by atoms with Gasteiger partial charge in [0.2, 0.25) is 0 Å². The first kappa shape index (κ1) is 14.6. The minimum atomic E-state index is -0.0666. The van der Waals surface area contributed by atoms with E-state index in [0.29, 0.717) is 19.7 Å². The molecule has 0 fully saturated rings. The van der Waals surface area contributed by atoms with Gasteiger partial charge in [0.15, 0.2) is 11.5 Å². The molecule has 0 aliphatic carbocycles. The van der Waals surface area contributed by atoms with Crippen LogP contribution in [0.4, 0.5) is 0 Å². The predicted molar refractivity (Wildman–Crippen MR) is 82.3 cm³/mol. The predicted octanol–water partition coefficient (Wildman–Crippen LogP) is 1.06. The zero-order valence-corrected chi connectivity index (χ0v) is 12.3. The largest absolute Gasteiger partial charge is 0.486 e. The maximum Gasteiger partial charge on any atom is 0.266 e. The Balaban J connectivity index is 1.38. The summed E-state index contributed by atoms with van der Waals surface area (Å²) in [6.45, 7) is 2.66. The molecule has 3 rings (SSSR count). The Labute approximate surface area is 128 Å². The zero-order chi connectivity index (χ0) is 15.2. The maximum atomic E-state index is 11.5. The number of hydrogen-bond acceptors (Lipinski definition) is 5. The molecule has 22 heavy (non-hydrogen) atoms. The lowest BCUT2D eigenvalue weighted by molar-refractivity contribution is 0.0904. The molecule has 1 atom stereocenters. The van der Waals surface area contributed by atoms with Gasteiger partial charge >= 0.3 is 0 Å². The molecule has 0 amide bonds.